The maximum absolute atomic E-state index is 11.2. The van der Waals surface area contributed by atoms with Crippen molar-refractivity contribution in [2.45, 2.75) is 51.0 Å². The van der Waals surface area contributed by atoms with Gasteiger partial charge in [0, 0.05) is 0 Å². The van der Waals surface area contributed by atoms with Gasteiger partial charge in [-0.2, -0.15) is 0 Å². The van der Waals surface area contributed by atoms with Crippen LogP contribution in [0.3, 0.4) is 0 Å². The Morgan fingerprint density at radius 3 is 2.60 bits per heavy atom. The number of rotatable bonds is 2. The molecular weight excluding hydrogens is 254 g/mol. The lowest BCUT2D eigenvalue weighted by Gasteiger charge is -2.25. The largest absolute Gasteiger partial charge is 0.417 e. The molecule has 0 saturated heterocycles. The first-order valence-electron chi connectivity index (χ1n) is 7.55. The fourth-order valence-corrected chi connectivity index (χ4v) is 3.22. The van der Waals surface area contributed by atoms with Gasteiger partial charge in [-0.3, -0.25) is 4.98 Å². The molecule has 1 aliphatic rings. The van der Waals surface area contributed by atoms with Crippen LogP contribution < -0.4 is 5.76 Å². The quantitative estimate of drug-likeness (QED) is 0.881. The summed E-state index contributed by atoms with van der Waals surface area (Å²) < 4.78 is 5.07. The van der Waals surface area contributed by atoms with E-state index in [2.05, 4.69) is 4.98 Å². The third kappa shape index (κ3) is 2.80. The van der Waals surface area contributed by atoms with Crippen LogP contribution in [-0.2, 0) is 0 Å². The zero-order chi connectivity index (χ0) is 13.9. The molecule has 1 fully saturated rings. The molecule has 2 aromatic rings. The predicted molar refractivity (Wildman–Crippen MR) is 77.6 cm³/mol. The molecular formula is C16H21NO3. The second kappa shape index (κ2) is 5.83. The van der Waals surface area contributed by atoms with Crippen LogP contribution in [0.15, 0.2) is 27.4 Å². The molecule has 2 N–H and O–H groups in total. The molecule has 1 unspecified atom stereocenters. The van der Waals surface area contributed by atoms with E-state index in [9.17, 15) is 9.90 Å². The smallest absolute Gasteiger partial charge is 0.408 e. The van der Waals surface area contributed by atoms with E-state index in [0.717, 1.165) is 18.4 Å². The topological polar surface area (TPSA) is 66.2 Å². The molecule has 0 amide bonds. The van der Waals surface area contributed by atoms with E-state index in [1.54, 1.807) is 6.07 Å². The Morgan fingerprint density at radius 1 is 1.15 bits per heavy atom. The summed E-state index contributed by atoms with van der Waals surface area (Å²) in [6.45, 7) is 0. The van der Waals surface area contributed by atoms with Crippen LogP contribution in [0.2, 0.25) is 0 Å². The number of benzene rings is 1. The number of aliphatic hydroxyl groups excluding tert-OH is 1. The molecule has 1 aromatic heterocycles. The van der Waals surface area contributed by atoms with Gasteiger partial charge < -0.3 is 9.52 Å². The summed E-state index contributed by atoms with van der Waals surface area (Å²) in [5.41, 5.74) is 2.06. The third-order valence-corrected chi connectivity index (χ3v) is 4.38. The van der Waals surface area contributed by atoms with Crippen molar-refractivity contribution in [1.29, 1.82) is 0 Å². The summed E-state index contributed by atoms with van der Waals surface area (Å²) in [5.74, 6) is -0.129. The minimum Gasteiger partial charge on any atom is -0.408 e. The van der Waals surface area contributed by atoms with Crippen molar-refractivity contribution in [3.8, 4) is 0 Å². The number of aliphatic hydroxyl groups is 1. The number of oxazole rings is 1. The Hall–Kier alpha value is -1.55. The highest BCUT2D eigenvalue weighted by Crippen LogP contribution is 2.33. The minimum absolute atomic E-state index is 0.318. The molecule has 1 heterocycles. The molecule has 1 saturated carbocycles. The molecule has 1 aromatic carbocycles. The van der Waals surface area contributed by atoms with Gasteiger partial charge in [-0.15, -0.1) is 0 Å². The highest BCUT2D eigenvalue weighted by Gasteiger charge is 2.22. The van der Waals surface area contributed by atoms with Crippen LogP contribution in [0.5, 0.6) is 0 Å². The van der Waals surface area contributed by atoms with Crippen molar-refractivity contribution in [3.05, 3.63) is 34.3 Å². The van der Waals surface area contributed by atoms with E-state index in [1.165, 1.54) is 32.1 Å². The van der Waals surface area contributed by atoms with Gasteiger partial charge in [0.2, 0.25) is 0 Å². The second-order valence-electron chi connectivity index (χ2n) is 5.82. The first-order valence-corrected chi connectivity index (χ1v) is 7.55. The summed E-state index contributed by atoms with van der Waals surface area (Å²) >= 11 is 0. The number of aromatic nitrogens is 1. The molecule has 4 nitrogen and oxygen atoms in total. The Labute approximate surface area is 117 Å². The van der Waals surface area contributed by atoms with Crippen molar-refractivity contribution in [2.75, 3.05) is 0 Å². The van der Waals surface area contributed by atoms with Gasteiger partial charge in [0.25, 0.3) is 0 Å². The Morgan fingerprint density at radius 2 is 1.85 bits per heavy atom. The van der Waals surface area contributed by atoms with Crippen LogP contribution in [0.25, 0.3) is 11.1 Å². The average molecular weight is 275 g/mol. The lowest BCUT2D eigenvalue weighted by atomic mass is 9.84. The first kappa shape index (κ1) is 13.4. The number of nitrogens with one attached hydrogen (secondary N) is 1. The SMILES string of the molecule is O=c1[nH]c2ccc(C(O)C3CCCCCCC3)cc2o1. The lowest BCUT2D eigenvalue weighted by molar-refractivity contribution is 0.0913. The van der Waals surface area contributed by atoms with Crippen molar-refractivity contribution >= 4 is 11.1 Å². The molecule has 0 bridgehead atoms. The molecule has 4 heteroatoms. The zero-order valence-corrected chi connectivity index (χ0v) is 11.6. The molecule has 0 spiro atoms. The summed E-state index contributed by atoms with van der Waals surface area (Å²) in [7, 11) is 0. The predicted octanol–water partition coefficient (Wildman–Crippen LogP) is 3.52. The number of aromatic amines is 1. The van der Waals surface area contributed by atoms with Crippen molar-refractivity contribution in [2.24, 2.45) is 5.92 Å². The summed E-state index contributed by atoms with van der Waals surface area (Å²) in [6, 6.07) is 5.48. The van der Waals surface area contributed by atoms with E-state index in [0.29, 0.717) is 17.0 Å². The highest BCUT2D eigenvalue weighted by atomic mass is 16.4. The Bertz CT molecular complexity index is 620. The maximum Gasteiger partial charge on any atom is 0.417 e. The van der Waals surface area contributed by atoms with Crippen LogP contribution in [0.1, 0.15) is 56.6 Å². The molecule has 0 aliphatic heterocycles. The third-order valence-electron chi connectivity index (χ3n) is 4.38. The van der Waals surface area contributed by atoms with Gasteiger partial charge in [-0.05, 0) is 36.5 Å². The summed E-state index contributed by atoms with van der Waals surface area (Å²) in [5, 5.41) is 10.6. The van der Waals surface area contributed by atoms with Crippen LogP contribution >= 0.6 is 0 Å². The summed E-state index contributed by atoms with van der Waals surface area (Å²) in [4.78, 5) is 13.8. The van der Waals surface area contributed by atoms with Gasteiger partial charge in [0.1, 0.15) is 0 Å². The van der Waals surface area contributed by atoms with E-state index in [1.807, 2.05) is 12.1 Å². The number of H-pyrrole nitrogens is 1. The van der Waals surface area contributed by atoms with Crippen molar-refractivity contribution in [3.63, 3.8) is 0 Å². The average Bonchev–Trinajstić information content (AvgIpc) is 2.76. The maximum atomic E-state index is 11.2. The zero-order valence-electron chi connectivity index (χ0n) is 11.6. The van der Waals surface area contributed by atoms with E-state index in [4.69, 9.17) is 4.42 Å². The van der Waals surface area contributed by atoms with Gasteiger partial charge in [-0.1, -0.05) is 38.2 Å². The fourth-order valence-electron chi connectivity index (χ4n) is 3.22. The number of fused-ring (bicyclic) bond motifs is 1. The molecule has 1 aliphatic carbocycles. The fraction of sp³-hybridized carbons (Fsp3) is 0.562. The van der Waals surface area contributed by atoms with E-state index >= 15 is 0 Å². The monoisotopic (exact) mass is 275 g/mol. The van der Waals surface area contributed by atoms with E-state index < -0.39 is 11.9 Å². The van der Waals surface area contributed by atoms with Gasteiger partial charge >= 0.3 is 5.76 Å². The van der Waals surface area contributed by atoms with Gasteiger partial charge in [0.15, 0.2) is 5.58 Å². The van der Waals surface area contributed by atoms with E-state index in [-0.39, 0.29) is 0 Å². The van der Waals surface area contributed by atoms with Crippen LogP contribution in [0, 0.1) is 5.92 Å². The van der Waals surface area contributed by atoms with Crippen LogP contribution in [-0.4, -0.2) is 10.1 Å². The Balaban J connectivity index is 1.82. The molecule has 108 valence electrons. The van der Waals surface area contributed by atoms with Crippen LogP contribution in [0.4, 0.5) is 0 Å². The van der Waals surface area contributed by atoms with Crippen molar-refractivity contribution < 1.29 is 9.52 Å². The number of hydrogen-bond acceptors (Lipinski definition) is 3. The van der Waals surface area contributed by atoms with Gasteiger partial charge in [-0.25, -0.2) is 4.79 Å². The minimum atomic E-state index is -0.460. The number of hydrogen-bond donors (Lipinski definition) is 2. The standard InChI is InChI=1S/C16H21NO3/c18-15(11-6-4-2-1-3-5-7-11)12-8-9-13-14(10-12)20-16(19)17-13/h8-11,15,18H,1-7H2,(H,17,19). The highest BCUT2D eigenvalue weighted by molar-refractivity contribution is 5.72. The summed E-state index contributed by atoms with van der Waals surface area (Å²) in [6.07, 6.45) is 7.96. The molecule has 1 atom stereocenters. The van der Waals surface area contributed by atoms with Gasteiger partial charge in [0.05, 0.1) is 11.6 Å². The first-order chi connectivity index (χ1) is 9.74. The second-order valence-corrected chi connectivity index (χ2v) is 5.82. The molecule has 20 heavy (non-hydrogen) atoms. The molecule has 0 radical (unpaired) electrons. The normalized spacial score (nSPS) is 19.6. The lowest BCUT2D eigenvalue weighted by Crippen LogP contribution is -2.14. The Kier molecular flexibility index (Phi) is 3.92. The van der Waals surface area contributed by atoms with Crippen molar-refractivity contribution in [1.82, 2.24) is 4.98 Å². The molecule has 3 rings (SSSR count).